The van der Waals surface area contributed by atoms with Crippen LogP contribution in [0, 0.1) is 0 Å². The first-order valence-corrected chi connectivity index (χ1v) is 15.8. The second-order valence-electron chi connectivity index (χ2n) is 9.08. The molecule has 0 aromatic rings. The van der Waals surface area contributed by atoms with Gasteiger partial charge in [0.1, 0.15) is 0 Å². The summed E-state index contributed by atoms with van der Waals surface area (Å²) in [5.74, 6) is 0. The largest absolute Gasteiger partial charge is 0.420 e. The van der Waals surface area contributed by atoms with E-state index in [1.165, 1.54) is 116 Å². The first-order valence-electron chi connectivity index (χ1n) is 13.3. The van der Waals surface area contributed by atoms with Gasteiger partial charge in [-0.15, -0.1) is 0 Å². The fourth-order valence-electron chi connectivity index (χ4n) is 4.66. The molecule has 0 atom stereocenters. The molecule has 0 radical (unpaired) electrons. The predicted molar refractivity (Wildman–Crippen MR) is 138 cm³/mol. The Balaban J connectivity index is 4.73. The van der Waals surface area contributed by atoms with Gasteiger partial charge in [0.15, 0.2) is 8.32 Å². The maximum absolute atomic E-state index is 6.10. The van der Waals surface area contributed by atoms with E-state index in [2.05, 4.69) is 56.2 Å². The lowest BCUT2D eigenvalue weighted by atomic mass is 10.2. The van der Waals surface area contributed by atoms with Crippen LogP contribution in [0.5, 0.6) is 0 Å². The fourth-order valence-corrected chi connectivity index (χ4v) is 7.38. The van der Waals surface area contributed by atoms with Crippen molar-refractivity contribution in [1.29, 1.82) is 0 Å². The molecule has 0 aliphatic carbocycles. The van der Waals surface area contributed by atoms with Gasteiger partial charge >= 0.3 is 0 Å². The van der Waals surface area contributed by atoms with Gasteiger partial charge in [0.05, 0.1) is 0 Å². The lowest BCUT2D eigenvalue weighted by molar-refractivity contribution is 0.210. The van der Waals surface area contributed by atoms with Gasteiger partial charge in [0.25, 0.3) is 0 Å². The minimum atomic E-state index is -1.52. The highest BCUT2D eigenvalue weighted by atomic mass is 28.4. The third-order valence-electron chi connectivity index (χ3n) is 6.66. The Labute approximate surface area is 191 Å². The van der Waals surface area contributed by atoms with Crippen molar-refractivity contribution in [3.05, 3.63) is 0 Å². The number of hydrogen-bond donors (Lipinski definition) is 0. The lowest BCUT2D eigenvalue weighted by Gasteiger charge is -2.32. The smallest absolute Gasteiger partial charge is 0.192 e. The summed E-state index contributed by atoms with van der Waals surface area (Å²) in [6.07, 6.45) is 7.67. The lowest BCUT2D eigenvalue weighted by Crippen LogP contribution is -2.41. The van der Waals surface area contributed by atoms with E-state index in [1.54, 1.807) is 0 Å². The number of nitrogens with zero attached hydrogens (tertiary/aromatic N) is 3. The zero-order chi connectivity index (χ0) is 22.7. The van der Waals surface area contributed by atoms with E-state index in [0.717, 1.165) is 0 Å². The van der Waals surface area contributed by atoms with E-state index < -0.39 is 8.32 Å². The zero-order valence-corrected chi connectivity index (χ0v) is 23.0. The van der Waals surface area contributed by atoms with Gasteiger partial charge < -0.3 is 19.1 Å². The topological polar surface area (TPSA) is 19.0 Å². The highest BCUT2D eigenvalue weighted by molar-refractivity contribution is 6.73. The van der Waals surface area contributed by atoms with Crippen molar-refractivity contribution in [2.24, 2.45) is 0 Å². The van der Waals surface area contributed by atoms with Crippen molar-refractivity contribution in [3.63, 3.8) is 0 Å². The van der Waals surface area contributed by atoms with Crippen LogP contribution in [-0.2, 0) is 4.43 Å². The molecule has 0 aliphatic rings. The molecule has 0 heterocycles. The van der Waals surface area contributed by atoms with Crippen molar-refractivity contribution >= 4 is 8.32 Å². The molecule has 182 valence electrons. The van der Waals surface area contributed by atoms with Gasteiger partial charge in [0, 0.05) is 7.11 Å². The molecule has 0 amide bonds. The molecule has 0 saturated carbocycles. The van der Waals surface area contributed by atoms with Crippen LogP contribution in [0.4, 0.5) is 0 Å². The van der Waals surface area contributed by atoms with Crippen LogP contribution in [0.3, 0.4) is 0 Å². The summed E-state index contributed by atoms with van der Waals surface area (Å²) in [6, 6.07) is 3.78. The van der Waals surface area contributed by atoms with E-state index in [4.69, 9.17) is 4.43 Å². The van der Waals surface area contributed by atoms with E-state index in [-0.39, 0.29) is 0 Å². The molecule has 0 aromatic heterocycles. The minimum Gasteiger partial charge on any atom is -0.420 e. The van der Waals surface area contributed by atoms with Crippen molar-refractivity contribution in [2.45, 2.75) is 98.2 Å². The van der Waals surface area contributed by atoms with Gasteiger partial charge in [0.2, 0.25) is 0 Å². The maximum atomic E-state index is 6.10. The van der Waals surface area contributed by atoms with Crippen LogP contribution >= 0.6 is 0 Å². The average Bonchev–Trinajstić information content (AvgIpc) is 2.75. The molecule has 4 nitrogen and oxygen atoms in total. The Morgan fingerprint density at radius 1 is 0.500 bits per heavy atom. The third-order valence-corrected chi connectivity index (χ3v) is 11.2. The van der Waals surface area contributed by atoms with Gasteiger partial charge in [-0.25, -0.2) is 0 Å². The standard InChI is InChI=1S/C25H57N3OSi/c1-8-16-26(17-9-2)20-14-22-28(24-25-30(12-5,13-6)29-7)23-15-21-27(18-10-3)19-11-4/h8-25H2,1-7H3. The van der Waals surface area contributed by atoms with Gasteiger partial charge in [-0.05, 0) is 116 Å². The molecule has 0 N–H and O–H groups in total. The van der Waals surface area contributed by atoms with Gasteiger partial charge in [-0.2, -0.15) is 0 Å². The molecular weight excluding hydrogens is 386 g/mol. The van der Waals surface area contributed by atoms with Crippen molar-refractivity contribution in [1.82, 2.24) is 14.7 Å². The summed E-state index contributed by atoms with van der Waals surface area (Å²) in [7, 11) is 0.447. The molecule has 0 bridgehead atoms. The van der Waals surface area contributed by atoms with Crippen molar-refractivity contribution < 1.29 is 4.43 Å². The Bertz CT molecular complexity index is 324. The molecule has 0 rings (SSSR count). The molecule has 0 spiro atoms. The highest BCUT2D eigenvalue weighted by Gasteiger charge is 2.29. The van der Waals surface area contributed by atoms with Gasteiger partial charge in [-0.1, -0.05) is 41.5 Å². The Kier molecular flexibility index (Phi) is 19.8. The number of rotatable bonds is 22. The molecule has 5 heteroatoms. The molecular formula is C25H57N3OSi. The van der Waals surface area contributed by atoms with E-state index in [1.807, 2.05) is 7.11 Å². The van der Waals surface area contributed by atoms with Crippen LogP contribution < -0.4 is 0 Å². The summed E-state index contributed by atoms with van der Waals surface area (Å²) in [6.45, 7) is 25.1. The Morgan fingerprint density at radius 3 is 1.10 bits per heavy atom. The zero-order valence-electron chi connectivity index (χ0n) is 22.0. The van der Waals surface area contributed by atoms with Crippen LogP contribution in [0.2, 0.25) is 18.1 Å². The predicted octanol–water partition coefficient (Wildman–Crippen LogP) is 5.94. The maximum Gasteiger partial charge on any atom is 0.192 e. The summed E-state index contributed by atoms with van der Waals surface area (Å²) < 4.78 is 6.10. The van der Waals surface area contributed by atoms with Gasteiger partial charge in [-0.3, -0.25) is 0 Å². The monoisotopic (exact) mass is 443 g/mol. The van der Waals surface area contributed by atoms with E-state index >= 15 is 0 Å². The van der Waals surface area contributed by atoms with E-state index in [0.29, 0.717) is 0 Å². The summed E-state index contributed by atoms with van der Waals surface area (Å²) in [5.41, 5.74) is 0. The van der Waals surface area contributed by atoms with E-state index in [9.17, 15) is 0 Å². The Hall–Kier alpha value is 0.0569. The highest BCUT2D eigenvalue weighted by Crippen LogP contribution is 2.21. The molecule has 0 unspecified atom stereocenters. The summed E-state index contributed by atoms with van der Waals surface area (Å²) in [4.78, 5) is 8.08. The van der Waals surface area contributed by atoms with Crippen LogP contribution in [0.15, 0.2) is 0 Å². The van der Waals surface area contributed by atoms with Crippen LogP contribution in [0.1, 0.15) is 80.1 Å². The summed E-state index contributed by atoms with van der Waals surface area (Å²) in [5, 5.41) is 0. The average molecular weight is 444 g/mol. The number of hydrogen-bond acceptors (Lipinski definition) is 4. The molecule has 0 saturated heterocycles. The van der Waals surface area contributed by atoms with Crippen molar-refractivity contribution in [2.75, 3.05) is 66.0 Å². The molecule has 30 heavy (non-hydrogen) atoms. The Morgan fingerprint density at radius 2 is 0.833 bits per heavy atom. The first kappa shape index (κ1) is 30.1. The quantitative estimate of drug-likeness (QED) is 0.193. The fraction of sp³-hybridized carbons (Fsp3) is 1.00. The van der Waals surface area contributed by atoms with Crippen LogP contribution in [0.25, 0.3) is 0 Å². The second kappa shape index (κ2) is 19.7. The SMILES string of the molecule is CCCN(CCC)CCCN(CCCN(CCC)CCC)CC[Si](CC)(CC)OC. The molecule has 0 fully saturated rings. The third kappa shape index (κ3) is 13.5. The first-order chi connectivity index (χ1) is 14.5. The van der Waals surface area contributed by atoms with Crippen molar-refractivity contribution in [3.8, 4) is 0 Å². The molecule has 0 aliphatic heterocycles. The second-order valence-corrected chi connectivity index (χ2v) is 13.8. The minimum absolute atomic E-state index is 1.23. The molecule has 0 aromatic carbocycles. The van der Waals surface area contributed by atoms with Crippen LogP contribution in [-0.4, -0.2) is 89.0 Å². The summed E-state index contributed by atoms with van der Waals surface area (Å²) >= 11 is 0. The normalized spacial score (nSPS) is 12.6.